The molecule has 7 nitrogen and oxygen atoms in total. The summed E-state index contributed by atoms with van der Waals surface area (Å²) in [5, 5.41) is 0. The summed E-state index contributed by atoms with van der Waals surface area (Å²) >= 11 is 6.15. The zero-order valence-electron chi connectivity index (χ0n) is 16.5. The van der Waals surface area contributed by atoms with Gasteiger partial charge in [-0.3, -0.25) is 9.35 Å². The normalized spacial score (nSPS) is 11.9. The molecule has 0 atom stereocenters. The van der Waals surface area contributed by atoms with Gasteiger partial charge in [-0.15, -0.1) is 0 Å². The number of rotatable bonds is 7. The lowest BCUT2D eigenvalue weighted by molar-refractivity contribution is -0.142. The second-order valence-electron chi connectivity index (χ2n) is 6.55. The largest absolute Gasteiger partial charge is 0.462 e. The monoisotopic (exact) mass is 824 g/mol. The van der Waals surface area contributed by atoms with E-state index in [0.29, 0.717) is 9.13 Å². The van der Waals surface area contributed by atoms with Gasteiger partial charge in [0.15, 0.2) is 0 Å². The zero-order chi connectivity index (χ0) is 25.1. The zero-order valence-corrected chi connectivity index (χ0v) is 23.8. The molecule has 0 aliphatic heterocycles. The van der Waals surface area contributed by atoms with Crippen molar-refractivity contribution in [1.82, 2.24) is 0 Å². The van der Waals surface area contributed by atoms with E-state index in [1.807, 2.05) is 28.7 Å². The van der Waals surface area contributed by atoms with E-state index >= 15 is 0 Å². The fourth-order valence-corrected chi connectivity index (χ4v) is 5.53. The molecule has 33 heavy (non-hydrogen) atoms. The van der Waals surface area contributed by atoms with Gasteiger partial charge in [0, 0.05) is 17.1 Å². The highest BCUT2D eigenvalue weighted by Crippen LogP contribution is 2.40. The van der Waals surface area contributed by atoms with Crippen LogP contribution in [-0.2, 0) is 25.8 Å². The number of hydrogen-bond donors (Lipinski definition) is 1. The van der Waals surface area contributed by atoms with Crippen molar-refractivity contribution in [1.29, 1.82) is 0 Å². The molecule has 0 unspecified atom stereocenters. The number of halogens is 6. The number of esters is 2. The van der Waals surface area contributed by atoms with Crippen molar-refractivity contribution >= 4 is 89.8 Å². The average molecular weight is 824 g/mol. The molecular weight excluding hydrogens is 810 g/mol. The van der Waals surface area contributed by atoms with Crippen LogP contribution in [-0.4, -0.2) is 31.5 Å². The van der Waals surface area contributed by atoms with Crippen LogP contribution in [0.15, 0.2) is 29.2 Å². The van der Waals surface area contributed by atoms with Gasteiger partial charge in [-0.25, -0.2) is 4.79 Å². The standard InChI is InChI=1S/C19H14F3I3O7S/c1-9-5-11(33(28,29)30)8-13(19(20,21)22)17(9)32-15(26)3-2-4-31-18(27)12-6-10(23)7-14(24)16(12)25/h5-8H,2-4H2,1H3,(H,28,29,30). The first-order chi connectivity index (χ1) is 15.1. The number of carbonyl (C=O) groups is 2. The Morgan fingerprint density at radius 2 is 1.73 bits per heavy atom. The molecule has 0 saturated carbocycles. The van der Waals surface area contributed by atoms with E-state index in [0.717, 1.165) is 20.1 Å². The van der Waals surface area contributed by atoms with Gasteiger partial charge in [-0.05, 0) is 111 Å². The Morgan fingerprint density at radius 3 is 2.30 bits per heavy atom. The van der Waals surface area contributed by atoms with Gasteiger partial charge in [0.05, 0.1) is 22.6 Å². The molecule has 0 aromatic heterocycles. The molecule has 0 bridgehead atoms. The van der Waals surface area contributed by atoms with Crippen molar-refractivity contribution in [3.8, 4) is 5.75 Å². The van der Waals surface area contributed by atoms with Crippen molar-refractivity contribution < 1.29 is 45.2 Å². The Balaban J connectivity index is 2.05. The van der Waals surface area contributed by atoms with Gasteiger partial charge in [0.25, 0.3) is 10.1 Å². The predicted molar refractivity (Wildman–Crippen MR) is 136 cm³/mol. The van der Waals surface area contributed by atoms with Crippen LogP contribution in [0.2, 0.25) is 0 Å². The van der Waals surface area contributed by atoms with E-state index in [9.17, 15) is 31.2 Å². The summed E-state index contributed by atoms with van der Waals surface area (Å²) in [5.41, 5.74) is -1.46. The van der Waals surface area contributed by atoms with Crippen LogP contribution in [0.4, 0.5) is 13.2 Å². The lowest BCUT2D eigenvalue weighted by Gasteiger charge is -2.16. The molecule has 0 aliphatic rings. The SMILES string of the molecule is Cc1cc(S(=O)(=O)O)cc(C(F)(F)F)c1OC(=O)CCCOC(=O)c1cc(I)cc(I)c1I. The molecule has 0 radical (unpaired) electrons. The van der Waals surface area contributed by atoms with E-state index in [2.05, 4.69) is 45.2 Å². The lowest BCUT2D eigenvalue weighted by Crippen LogP contribution is -2.17. The highest BCUT2D eigenvalue weighted by molar-refractivity contribution is 14.1. The smallest absolute Gasteiger partial charge is 0.420 e. The molecule has 2 aromatic carbocycles. The summed E-state index contributed by atoms with van der Waals surface area (Å²) in [4.78, 5) is 23.4. The quantitative estimate of drug-likeness (QED) is 0.0967. The Kier molecular flexibility index (Phi) is 9.79. The van der Waals surface area contributed by atoms with Crippen molar-refractivity contribution in [2.75, 3.05) is 6.61 Å². The van der Waals surface area contributed by atoms with Crippen LogP contribution in [0.25, 0.3) is 0 Å². The maximum absolute atomic E-state index is 13.4. The average Bonchev–Trinajstić information content (AvgIpc) is 2.67. The molecule has 0 amide bonds. The highest BCUT2D eigenvalue weighted by atomic mass is 127. The maximum atomic E-state index is 13.4. The van der Waals surface area contributed by atoms with E-state index < -0.39 is 44.4 Å². The number of aryl methyl sites for hydroxylation is 1. The minimum Gasteiger partial charge on any atom is -0.462 e. The third-order valence-electron chi connectivity index (χ3n) is 4.04. The van der Waals surface area contributed by atoms with E-state index in [1.54, 1.807) is 6.07 Å². The molecular formula is C19H14F3I3O7S. The molecule has 0 fully saturated rings. The van der Waals surface area contributed by atoms with Crippen LogP contribution in [0, 0.1) is 17.6 Å². The van der Waals surface area contributed by atoms with Crippen molar-refractivity contribution in [3.63, 3.8) is 0 Å². The fourth-order valence-electron chi connectivity index (χ4n) is 2.56. The minimum absolute atomic E-state index is 0.00826. The van der Waals surface area contributed by atoms with Crippen LogP contribution in [0.5, 0.6) is 5.75 Å². The van der Waals surface area contributed by atoms with E-state index in [-0.39, 0.29) is 31.1 Å². The molecule has 1 N–H and O–H groups in total. The van der Waals surface area contributed by atoms with Crippen LogP contribution >= 0.6 is 67.8 Å². The van der Waals surface area contributed by atoms with Gasteiger partial charge in [-0.1, -0.05) is 0 Å². The second-order valence-corrected chi connectivity index (χ2v) is 11.5. The summed E-state index contributed by atoms with van der Waals surface area (Å²) in [6.07, 6.45) is -5.41. The van der Waals surface area contributed by atoms with Gasteiger partial charge < -0.3 is 9.47 Å². The van der Waals surface area contributed by atoms with Gasteiger partial charge in [0.1, 0.15) is 5.75 Å². The molecule has 2 rings (SSSR count). The molecule has 0 spiro atoms. The van der Waals surface area contributed by atoms with Gasteiger partial charge in [-0.2, -0.15) is 21.6 Å². The third kappa shape index (κ3) is 7.89. The Bertz CT molecular complexity index is 1200. The van der Waals surface area contributed by atoms with Gasteiger partial charge >= 0.3 is 18.1 Å². The van der Waals surface area contributed by atoms with Gasteiger partial charge in [0.2, 0.25) is 0 Å². The Hall–Kier alpha value is -0.730. The van der Waals surface area contributed by atoms with Crippen LogP contribution in [0.1, 0.15) is 34.3 Å². The summed E-state index contributed by atoms with van der Waals surface area (Å²) in [5.74, 6) is -2.49. The second kappa shape index (κ2) is 11.3. The van der Waals surface area contributed by atoms with Crippen molar-refractivity contribution in [3.05, 3.63) is 51.7 Å². The summed E-state index contributed by atoms with van der Waals surface area (Å²) in [6, 6.07) is 4.49. The lowest BCUT2D eigenvalue weighted by atomic mass is 10.1. The maximum Gasteiger partial charge on any atom is 0.420 e. The number of benzene rings is 2. The van der Waals surface area contributed by atoms with Crippen molar-refractivity contribution in [2.24, 2.45) is 0 Å². The number of hydrogen-bond acceptors (Lipinski definition) is 6. The first kappa shape index (κ1) is 28.5. The summed E-state index contributed by atoms with van der Waals surface area (Å²) in [6.45, 7) is 0.942. The van der Waals surface area contributed by atoms with Crippen LogP contribution < -0.4 is 4.74 Å². The number of carbonyl (C=O) groups excluding carboxylic acids is 2. The number of ether oxygens (including phenoxy) is 2. The molecule has 0 heterocycles. The van der Waals surface area contributed by atoms with E-state index in [4.69, 9.17) is 14.0 Å². The molecule has 0 saturated heterocycles. The first-order valence-electron chi connectivity index (χ1n) is 8.83. The Labute approximate surface area is 228 Å². The highest BCUT2D eigenvalue weighted by Gasteiger charge is 2.37. The number of alkyl halides is 3. The first-order valence-corrected chi connectivity index (χ1v) is 13.5. The van der Waals surface area contributed by atoms with Crippen LogP contribution in [0.3, 0.4) is 0 Å². The van der Waals surface area contributed by atoms with Crippen molar-refractivity contribution in [2.45, 2.75) is 30.8 Å². The summed E-state index contributed by atoms with van der Waals surface area (Å²) in [7, 11) is -4.90. The topological polar surface area (TPSA) is 107 Å². The molecule has 2 aromatic rings. The Morgan fingerprint density at radius 1 is 1.09 bits per heavy atom. The molecule has 180 valence electrons. The van der Waals surface area contributed by atoms with E-state index in [1.165, 1.54) is 0 Å². The third-order valence-corrected chi connectivity index (χ3v) is 8.54. The molecule has 0 aliphatic carbocycles. The minimum atomic E-state index is -5.04. The summed E-state index contributed by atoms with van der Waals surface area (Å²) < 4.78 is 84.0. The fraction of sp³-hybridized carbons (Fsp3) is 0.263. The molecule has 14 heteroatoms. The predicted octanol–water partition coefficient (Wildman–Crippen LogP) is 5.62.